The first-order valence-electron chi connectivity index (χ1n) is 5.43. The highest BCUT2D eigenvalue weighted by Crippen LogP contribution is 2.27. The van der Waals surface area contributed by atoms with Gasteiger partial charge in [0.05, 0.1) is 0 Å². The minimum Gasteiger partial charge on any atom is -0.508 e. The molecule has 0 radical (unpaired) electrons. The predicted molar refractivity (Wildman–Crippen MR) is 70.5 cm³/mol. The summed E-state index contributed by atoms with van der Waals surface area (Å²) in [6.07, 6.45) is 0. The molecule has 0 fully saturated rings. The fourth-order valence-electron chi connectivity index (χ4n) is 1.44. The summed E-state index contributed by atoms with van der Waals surface area (Å²) in [5.41, 5.74) is 0.852. The van der Waals surface area contributed by atoms with E-state index in [1.165, 1.54) is 30.3 Å². The smallest absolute Gasteiger partial charge is 0.323 e. The lowest BCUT2D eigenvalue weighted by molar-refractivity contribution is 0.262. The average molecular weight is 260 g/mol. The Hall–Kier alpha value is -2.89. The second-order valence-electron chi connectivity index (χ2n) is 3.83. The summed E-state index contributed by atoms with van der Waals surface area (Å²) in [6.45, 7) is 0. The van der Waals surface area contributed by atoms with E-state index in [2.05, 4.69) is 10.6 Å². The Morgan fingerprint density at radius 3 is 2.00 bits per heavy atom. The Balaban J connectivity index is 2.01. The van der Waals surface area contributed by atoms with Crippen molar-refractivity contribution in [2.24, 2.45) is 0 Å². The number of aromatic hydroxyl groups is 3. The van der Waals surface area contributed by atoms with Gasteiger partial charge in [-0.25, -0.2) is 4.79 Å². The molecule has 19 heavy (non-hydrogen) atoms. The number of anilines is 2. The molecule has 6 nitrogen and oxygen atoms in total. The third-order valence-corrected chi connectivity index (χ3v) is 2.36. The van der Waals surface area contributed by atoms with Gasteiger partial charge in [0.2, 0.25) is 0 Å². The molecule has 0 unspecified atom stereocenters. The highest BCUT2D eigenvalue weighted by atomic mass is 16.3. The van der Waals surface area contributed by atoms with Crippen LogP contribution >= 0.6 is 0 Å². The molecule has 2 rings (SSSR count). The number of rotatable bonds is 2. The Labute approximate surface area is 108 Å². The Morgan fingerprint density at radius 2 is 1.37 bits per heavy atom. The van der Waals surface area contributed by atoms with E-state index in [1.54, 1.807) is 12.1 Å². The number of amides is 2. The summed E-state index contributed by atoms with van der Waals surface area (Å²) in [5.74, 6) is -0.471. The summed E-state index contributed by atoms with van der Waals surface area (Å²) in [6, 6.07) is 9.43. The van der Waals surface area contributed by atoms with Crippen molar-refractivity contribution in [1.82, 2.24) is 0 Å². The molecule has 98 valence electrons. The van der Waals surface area contributed by atoms with Gasteiger partial charge in [-0.2, -0.15) is 0 Å². The topological polar surface area (TPSA) is 102 Å². The van der Waals surface area contributed by atoms with E-state index in [1.807, 2.05) is 0 Å². The number of nitrogens with one attached hydrogen (secondary N) is 2. The second-order valence-corrected chi connectivity index (χ2v) is 3.83. The number of urea groups is 1. The molecule has 0 saturated carbocycles. The summed E-state index contributed by atoms with van der Waals surface area (Å²) >= 11 is 0. The van der Waals surface area contributed by atoms with E-state index in [-0.39, 0.29) is 17.2 Å². The van der Waals surface area contributed by atoms with Crippen molar-refractivity contribution in [3.8, 4) is 17.2 Å². The van der Waals surface area contributed by atoms with Gasteiger partial charge in [0.1, 0.15) is 5.75 Å². The Bertz CT molecular complexity index is 596. The molecule has 0 saturated heterocycles. The third-order valence-electron chi connectivity index (χ3n) is 2.36. The molecule has 0 heterocycles. The van der Waals surface area contributed by atoms with Crippen LogP contribution in [0.2, 0.25) is 0 Å². The van der Waals surface area contributed by atoms with Gasteiger partial charge in [-0.05, 0) is 36.4 Å². The zero-order chi connectivity index (χ0) is 13.8. The molecular formula is C13H12N2O4. The van der Waals surface area contributed by atoms with Gasteiger partial charge in [0.25, 0.3) is 0 Å². The van der Waals surface area contributed by atoms with Crippen molar-refractivity contribution in [2.75, 3.05) is 10.6 Å². The quantitative estimate of drug-likeness (QED) is 0.422. The first kappa shape index (κ1) is 12.6. The molecule has 2 aromatic carbocycles. The first-order valence-corrected chi connectivity index (χ1v) is 5.43. The van der Waals surface area contributed by atoms with Gasteiger partial charge < -0.3 is 26.0 Å². The number of carbonyl (C=O) groups is 1. The molecule has 0 atom stereocenters. The maximum Gasteiger partial charge on any atom is 0.323 e. The lowest BCUT2D eigenvalue weighted by Crippen LogP contribution is -2.19. The molecule has 2 aromatic rings. The largest absolute Gasteiger partial charge is 0.508 e. The number of phenols is 3. The van der Waals surface area contributed by atoms with Crippen LogP contribution in [-0.2, 0) is 0 Å². The maximum absolute atomic E-state index is 11.6. The third kappa shape index (κ3) is 3.29. The van der Waals surface area contributed by atoms with Crippen LogP contribution in [0.15, 0.2) is 42.5 Å². The Kier molecular flexibility index (Phi) is 3.42. The predicted octanol–water partition coefficient (Wildman–Crippen LogP) is 2.45. The van der Waals surface area contributed by atoms with Crippen molar-refractivity contribution in [3.05, 3.63) is 42.5 Å². The van der Waals surface area contributed by atoms with Crippen LogP contribution in [0.1, 0.15) is 0 Å². The van der Waals surface area contributed by atoms with Crippen LogP contribution in [0, 0.1) is 0 Å². The fraction of sp³-hybridized carbons (Fsp3) is 0. The molecule has 0 aliphatic carbocycles. The number of carbonyl (C=O) groups excluding carboxylic acids is 1. The molecule has 0 aromatic heterocycles. The molecule has 0 bridgehead atoms. The molecule has 0 aliphatic rings. The summed E-state index contributed by atoms with van der Waals surface area (Å²) in [5, 5.41) is 32.6. The zero-order valence-electron chi connectivity index (χ0n) is 9.79. The number of hydrogen-bond donors (Lipinski definition) is 5. The van der Waals surface area contributed by atoms with E-state index in [9.17, 15) is 9.90 Å². The summed E-state index contributed by atoms with van der Waals surface area (Å²) in [4.78, 5) is 11.6. The van der Waals surface area contributed by atoms with Gasteiger partial charge in [0.15, 0.2) is 11.5 Å². The molecule has 0 aliphatic heterocycles. The SMILES string of the molecule is O=C(Nc1ccc(O)cc1)Nc1ccc(O)c(O)c1. The molecule has 5 N–H and O–H groups in total. The molecule has 0 spiro atoms. The van der Waals surface area contributed by atoms with E-state index < -0.39 is 6.03 Å². The van der Waals surface area contributed by atoms with Crippen LogP contribution in [0.3, 0.4) is 0 Å². The van der Waals surface area contributed by atoms with Crippen LogP contribution in [0.5, 0.6) is 17.2 Å². The van der Waals surface area contributed by atoms with E-state index in [0.717, 1.165) is 0 Å². The van der Waals surface area contributed by atoms with Crippen LogP contribution < -0.4 is 10.6 Å². The van der Waals surface area contributed by atoms with Crippen molar-refractivity contribution >= 4 is 17.4 Å². The van der Waals surface area contributed by atoms with Crippen molar-refractivity contribution in [3.63, 3.8) is 0 Å². The minimum atomic E-state index is -0.504. The number of phenolic OH excluding ortho intramolecular Hbond substituents is 3. The Morgan fingerprint density at radius 1 is 0.789 bits per heavy atom. The summed E-state index contributed by atoms with van der Waals surface area (Å²) < 4.78 is 0. The monoisotopic (exact) mass is 260 g/mol. The highest BCUT2D eigenvalue weighted by molar-refractivity contribution is 5.99. The standard InChI is InChI=1S/C13H12N2O4/c16-10-4-1-8(2-5-10)14-13(19)15-9-3-6-11(17)12(18)7-9/h1-7,16-18H,(H2,14,15,19). The van der Waals surface area contributed by atoms with Crippen molar-refractivity contribution < 1.29 is 20.1 Å². The fourth-order valence-corrected chi connectivity index (χ4v) is 1.44. The van der Waals surface area contributed by atoms with E-state index >= 15 is 0 Å². The van der Waals surface area contributed by atoms with Crippen molar-refractivity contribution in [2.45, 2.75) is 0 Å². The van der Waals surface area contributed by atoms with Gasteiger partial charge in [-0.3, -0.25) is 0 Å². The van der Waals surface area contributed by atoms with Gasteiger partial charge in [0, 0.05) is 17.4 Å². The highest BCUT2D eigenvalue weighted by Gasteiger charge is 2.05. The maximum atomic E-state index is 11.6. The minimum absolute atomic E-state index is 0.106. The normalized spacial score (nSPS) is 9.89. The van der Waals surface area contributed by atoms with Crippen LogP contribution in [0.4, 0.5) is 16.2 Å². The zero-order valence-corrected chi connectivity index (χ0v) is 9.79. The summed E-state index contributed by atoms with van der Waals surface area (Å²) in [7, 11) is 0. The molecular weight excluding hydrogens is 248 g/mol. The van der Waals surface area contributed by atoms with E-state index in [0.29, 0.717) is 11.4 Å². The van der Waals surface area contributed by atoms with Crippen LogP contribution in [-0.4, -0.2) is 21.4 Å². The van der Waals surface area contributed by atoms with Crippen molar-refractivity contribution in [1.29, 1.82) is 0 Å². The average Bonchev–Trinajstić information content (AvgIpc) is 2.37. The molecule has 2 amide bonds. The van der Waals surface area contributed by atoms with E-state index in [4.69, 9.17) is 10.2 Å². The second kappa shape index (κ2) is 5.18. The van der Waals surface area contributed by atoms with Gasteiger partial charge in [-0.15, -0.1) is 0 Å². The number of hydrogen-bond acceptors (Lipinski definition) is 4. The number of benzene rings is 2. The molecule has 6 heteroatoms. The lowest BCUT2D eigenvalue weighted by atomic mass is 10.3. The first-order chi connectivity index (χ1) is 9.04. The lowest BCUT2D eigenvalue weighted by Gasteiger charge is -2.08. The van der Waals surface area contributed by atoms with Gasteiger partial charge >= 0.3 is 6.03 Å². The van der Waals surface area contributed by atoms with Crippen LogP contribution in [0.25, 0.3) is 0 Å². The van der Waals surface area contributed by atoms with Gasteiger partial charge in [-0.1, -0.05) is 0 Å².